The Balaban J connectivity index is 2.35. The normalized spacial score (nSPS) is 11.3. The SMILES string of the molecule is CCCCCn1c(CCN)nc2cc(C)ccc21. The zero-order valence-electron chi connectivity index (χ0n) is 11.4. The van der Waals surface area contributed by atoms with Crippen LogP contribution in [0.3, 0.4) is 0 Å². The van der Waals surface area contributed by atoms with Gasteiger partial charge in [-0.25, -0.2) is 4.98 Å². The van der Waals surface area contributed by atoms with Gasteiger partial charge >= 0.3 is 0 Å². The van der Waals surface area contributed by atoms with Crippen LogP contribution in [0.25, 0.3) is 11.0 Å². The number of aromatic nitrogens is 2. The lowest BCUT2D eigenvalue weighted by Gasteiger charge is -2.08. The van der Waals surface area contributed by atoms with E-state index < -0.39 is 0 Å². The number of imidazole rings is 1. The Labute approximate surface area is 109 Å². The summed E-state index contributed by atoms with van der Waals surface area (Å²) in [5.74, 6) is 1.13. The second kappa shape index (κ2) is 6.01. The van der Waals surface area contributed by atoms with Crippen LogP contribution in [0.2, 0.25) is 0 Å². The predicted molar refractivity (Wildman–Crippen MR) is 76.8 cm³/mol. The minimum Gasteiger partial charge on any atom is -0.330 e. The molecule has 0 spiro atoms. The fourth-order valence-electron chi connectivity index (χ4n) is 2.38. The molecular formula is C15H23N3. The summed E-state index contributed by atoms with van der Waals surface area (Å²) in [7, 11) is 0. The van der Waals surface area contributed by atoms with Gasteiger partial charge in [-0.1, -0.05) is 25.8 Å². The zero-order valence-corrected chi connectivity index (χ0v) is 11.4. The number of nitrogens with zero attached hydrogens (tertiary/aromatic N) is 2. The smallest absolute Gasteiger partial charge is 0.111 e. The second-order valence-corrected chi connectivity index (χ2v) is 4.92. The highest BCUT2D eigenvalue weighted by molar-refractivity contribution is 5.76. The fraction of sp³-hybridized carbons (Fsp3) is 0.533. The van der Waals surface area contributed by atoms with Crippen molar-refractivity contribution in [3.63, 3.8) is 0 Å². The Bertz CT molecular complexity index is 514. The minimum atomic E-state index is 0.663. The number of nitrogens with two attached hydrogens (primary N) is 1. The van der Waals surface area contributed by atoms with E-state index in [1.165, 1.54) is 30.3 Å². The van der Waals surface area contributed by atoms with Gasteiger partial charge in [-0.3, -0.25) is 0 Å². The Morgan fingerprint density at radius 2 is 2.11 bits per heavy atom. The minimum absolute atomic E-state index is 0.663. The quantitative estimate of drug-likeness (QED) is 0.795. The molecular weight excluding hydrogens is 222 g/mol. The first-order chi connectivity index (χ1) is 8.76. The largest absolute Gasteiger partial charge is 0.330 e. The van der Waals surface area contributed by atoms with Gasteiger partial charge < -0.3 is 10.3 Å². The third-order valence-electron chi connectivity index (χ3n) is 3.34. The van der Waals surface area contributed by atoms with Crippen molar-refractivity contribution in [2.24, 2.45) is 5.73 Å². The molecule has 1 heterocycles. The van der Waals surface area contributed by atoms with Crippen LogP contribution in [-0.4, -0.2) is 16.1 Å². The van der Waals surface area contributed by atoms with Crippen LogP contribution in [0, 0.1) is 6.92 Å². The molecule has 2 N–H and O–H groups in total. The maximum atomic E-state index is 5.68. The molecule has 98 valence electrons. The number of fused-ring (bicyclic) bond motifs is 1. The summed E-state index contributed by atoms with van der Waals surface area (Å²) in [5, 5.41) is 0. The van der Waals surface area contributed by atoms with Crippen LogP contribution in [0.1, 0.15) is 37.6 Å². The van der Waals surface area contributed by atoms with E-state index in [1.807, 2.05) is 0 Å². The van der Waals surface area contributed by atoms with Gasteiger partial charge in [0, 0.05) is 13.0 Å². The van der Waals surface area contributed by atoms with Crippen molar-refractivity contribution in [3.05, 3.63) is 29.6 Å². The number of unbranched alkanes of at least 4 members (excludes halogenated alkanes) is 2. The van der Waals surface area contributed by atoms with Crippen LogP contribution in [0.5, 0.6) is 0 Å². The highest BCUT2D eigenvalue weighted by Gasteiger charge is 2.09. The highest BCUT2D eigenvalue weighted by Crippen LogP contribution is 2.19. The maximum Gasteiger partial charge on any atom is 0.111 e. The molecule has 1 aromatic carbocycles. The molecule has 0 amide bonds. The summed E-state index contributed by atoms with van der Waals surface area (Å²) >= 11 is 0. The summed E-state index contributed by atoms with van der Waals surface area (Å²) < 4.78 is 2.34. The van der Waals surface area contributed by atoms with Crippen molar-refractivity contribution in [1.29, 1.82) is 0 Å². The fourth-order valence-corrected chi connectivity index (χ4v) is 2.38. The predicted octanol–water partition coefficient (Wildman–Crippen LogP) is 3.04. The molecule has 0 radical (unpaired) electrons. The lowest BCUT2D eigenvalue weighted by molar-refractivity contribution is 0.591. The van der Waals surface area contributed by atoms with E-state index in [-0.39, 0.29) is 0 Å². The van der Waals surface area contributed by atoms with Gasteiger partial charge in [0.1, 0.15) is 5.82 Å². The van der Waals surface area contributed by atoms with E-state index in [0.29, 0.717) is 6.54 Å². The van der Waals surface area contributed by atoms with Gasteiger partial charge in [0.2, 0.25) is 0 Å². The third-order valence-corrected chi connectivity index (χ3v) is 3.34. The zero-order chi connectivity index (χ0) is 13.0. The van der Waals surface area contributed by atoms with Gasteiger partial charge in [-0.2, -0.15) is 0 Å². The number of hydrogen-bond donors (Lipinski definition) is 1. The molecule has 18 heavy (non-hydrogen) atoms. The molecule has 0 aliphatic carbocycles. The van der Waals surface area contributed by atoms with E-state index in [9.17, 15) is 0 Å². The topological polar surface area (TPSA) is 43.8 Å². The standard InChI is InChI=1S/C15H23N3/c1-3-4-5-10-18-14-7-6-12(2)11-13(14)17-15(18)8-9-16/h6-7,11H,3-5,8-10,16H2,1-2H3. The van der Waals surface area contributed by atoms with Crippen molar-refractivity contribution >= 4 is 11.0 Å². The summed E-state index contributed by atoms with van der Waals surface area (Å²) in [6.07, 6.45) is 4.60. The van der Waals surface area contributed by atoms with Crippen LogP contribution in [-0.2, 0) is 13.0 Å². The van der Waals surface area contributed by atoms with E-state index in [4.69, 9.17) is 10.7 Å². The average molecular weight is 245 g/mol. The molecule has 3 heteroatoms. The van der Waals surface area contributed by atoms with Gasteiger partial charge in [0.15, 0.2) is 0 Å². The molecule has 0 aliphatic rings. The lowest BCUT2D eigenvalue weighted by atomic mass is 10.2. The summed E-state index contributed by atoms with van der Waals surface area (Å²) in [5.41, 5.74) is 9.30. The molecule has 0 unspecified atom stereocenters. The van der Waals surface area contributed by atoms with Crippen molar-refractivity contribution in [2.75, 3.05) is 6.54 Å². The molecule has 0 saturated heterocycles. The van der Waals surface area contributed by atoms with Crippen LogP contribution < -0.4 is 5.73 Å². The van der Waals surface area contributed by atoms with Crippen LogP contribution in [0.4, 0.5) is 0 Å². The van der Waals surface area contributed by atoms with Crippen molar-refractivity contribution in [1.82, 2.24) is 9.55 Å². The molecule has 3 nitrogen and oxygen atoms in total. The maximum absolute atomic E-state index is 5.68. The first-order valence-electron chi connectivity index (χ1n) is 6.92. The van der Waals surface area contributed by atoms with Crippen molar-refractivity contribution in [3.8, 4) is 0 Å². The summed E-state index contributed by atoms with van der Waals surface area (Å²) in [6.45, 7) is 6.06. The monoisotopic (exact) mass is 245 g/mol. The Kier molecular flexibility index (Phi) is 4.37. The number of rotatable bonds is 6. The van der Waals surface area contributed by atoms with Gasteiger partial charge in [-0.15, -0.1) is 0 Å². The molecule has 2 aromatic rings. The Morgan fingerprint density at radius 1 is 1.28 bits per heavy atom. The van der Waals surface area contributed by atoms with E-state index in [1.54, 1.807) is 0 Å². The highest BCUT2D eigenvalue weighted by atomic mass is 15.1. The first kappa shape index (κ1) is 13.1. The van der Waals surface area contributed by atoms with Crippen molar-refractivity contribution in [2.45, 2.75) is 46.1 Å². The Hall–Kier alpha value is -1.35. The van der Waals surface area contributed by atoms with E-state index >= 15 is 0 Å². The van der Waals surface area contributed by atoms with E-state index in [2.05, 4.69) is 36.6 Å². The van der Waals surface area contributed by atoms with Crippen LogP contribution >= 0.6 is 0 Å². The summed E-state index contributed by atoms with van der Waals surface area (Å²) in [4.78, 5) is 4.72. The molecule has 0 bridgehead atoms. The molecule has 0 fully saturated rings. The van der Waals surface area contributed by atoms with Crippen LogP contribution in [0.15, 0.2) is 18.2 Å². The van der Waals surface area contributed by atoms with Gasteiger partial charge in [0.05, 0.1) is 11.0 Å². The number of hydrogen-bond acceptors (Lipinski definition) is 2. The van der Waals surface area contributed by atoms with Gasteiger partial charge in [0.25, 0.3) is 0 Å². The summed E-state index contributed by atoms with van der Waals surface area (Å²) in [6, 6.07) is 6.50. The number of aryl methyl sites for hydroxylation is 2. The second-order valence-electron chi connectivity index (χ2n) is 4.92. The first-order valence-corrected chi connectivity index (χ1v) is 6.92. The number of benzene rings is 1. The van der Waals surface area contributed by atoms with E-state index in [0.717, 1.165) is 24.3 Å². The average Bonchev–Trinajstić information content (AvgIpc) is 2.67. The lowest BCUT2D eigenvalue weighted by Crippen LogP contribution is -2.10. The third kappa shape index (κ3) is 2.72. The molecule has 0 aliphatic heterocycles. The Morgan fingerprint density at radius 3 is 2.83 bits per heavy atom. The van der Waals surface area contributed by atoms with Crippen molar-refractivity contribution < 1.29 is 0 Å². The molecule has 2 rings (SSSR count). The molecule has 0 atom stereocenters. The van der Waals surface area contributed by atoms with Gasteiger partial charge in [-0.05, 0) is 37.6 Å². The molecule has 0 saturated carbocycles. The molecule has 1 aromatic heterocycles.